The Balaban J connectivity index is 0.000000119. The number of nitrogens with one attached hydrogen (secondary N) is 4. The molecule has 0 radical (unpaired) electrons. The number of hydrogen-bond donors (Lipinski definition) is 4. The van der Waals surface area contributed by atoms with Crippen LogP contribution < -0.4 is 36.0 Å². The number of benzene rings is 3. The molecule has 0 aliphatic carbocycles. The minimum Gasteiger partial charge on any atom is -0.350 e. The Kier molecular flexibility index (Phi) is 15.0. The standard InChI is InChI=1S/C21H24N6OS.C20H21BrN6OS.C13H9FN4S/c1-13-2-3-16-15(10-13)6-9-27(16)18-17-20(25-12-24-18)29-21(26-17)19(28)23-11-14-4-7-22-8-5-14;21-14-1-2-15-13(9-14)5-8-27(15)17-16-19(25-11-24-17)29-20(26-16)18(28)23-10-12-3-6-22-7-4-12;14-9-1-2-10-8(5-9)3-4-18(10)12-11-13(16-6-15-12)19-7-17-11/h2-3,10,12,14,22H,4-9,11H2,1H3,(H,23,28);1-2,9,11-12,22H,3-8,10H2,(H,23,28);1-2,5-7H,3-4H2. The van der Waals surface area contributed by atoms with Crippen molar-refractivity contribution >= 4 is 127 Å². The van der Waals surface area contributed by atoms with Gasteiger partial charge in [-0.2, -0.15) is 0 Å². The normalized spacial score (nSPS) is 16.2. The number of amides is 2. The highest BCUT2D eigenvalue weighted by atomic mass is 79.9. The number of aryl methyl sites for hydroxylation is 1. The lowest BCUT2D eigenvalue weighted by atomic mass is 9.98. The minimum atomic E-state index is -0.193. The molecule has 18 nitrogen and oxygen atoms in total. The molecule has 0 unspecified atom stereocenters. The highest BCUT2D eigenvalue weighted by molar-refractivity contribution is 9.10. The molecule has 394 valence electrons. The van der Waals surface area contributed by atoms with Crippen LogP contribution in [0.15, 0.2) is 83.6 Å². The lowest BCUT2D eigenvalue weighted by Gasteiger charge is -2.22. The molecule has 4 N–H and O–H groups in total. The van der Waals surface area contributed by atoms with Crippen molar-refractivity contribution in [2.24, 2.45) is 11.8 Å². The second-order valence-electron chi connectivity index (χ2n) is 19.6. The van der Waals surface area contributed by atoms with Crippen molar-refractivity contribution in [3.8, 4) is 0 Å². The third kappa shape index (κ3) is 10.9. The van der Waals surface area contributed by atoms with E-state index in [0.717, 1.165) is 150 Å². The fourth-order valence-electron chi connectivity index (χ4n) is 10.7. The smallest absolute Gasteiger partial charge is 0.280 e. The van der Waals surface area contributed by atoms with Crippen LogP contribution >= 0.6 is 49.9 Å². The number of fused-ring (bicyclic) bond motifs is 6. The van der Waals surface area contributed by atoms with E-state index in [-0.39, 0.29) is 17.6 Å². The second-order valence-corrected chi connectivity index (χ2v) is 23.3. The van der Waals surface area contributed by atoms with Crippen molar-refractivity contribution in [1.82, 2.24) is 66.1 Å². The van der Waals surface area contributed by atoms with Crippen molar-refractivity contribution in [2.75, 3.05) is 73.6 Å². The second kappa shape index (κ2) is 22.7. The zero-order chi connectivity index (χ0) is 52.4. The molecule has 14 rings (SSSR count). The van der Waals surface area contributed by atoms with E-state index in [2.05, 4.69) is 134 Å². The van der Waals surface area contributed by atoms with Gasteiger partial charge in [-0.15, -0.1) is 11.3 Å². The number of hydrogen-bond acceptors (Lipinski definition) is 19. The van der Waals surface area contributed by atoms with Crippen LogP contribution in [0.5, 0.6) is 0 Å². The minimum absolute atomic E-state index is 0.116. The van der Waals surface area contributed by atoms with Crippen LogP contribution in [0.3, 0.4) is 0 Å². The van der Waals surface area contributed by atoms with Gasteiger partial charge in [0.05, 0.1) is 5.51 Å². The average Bonchev–Trinajstić information content (AvgIpc) is 4.38. The third-order valence-corrected chi connectivity index (χ3v) is 17.8. The largest absolute Gasteiger partial charge is 0.350 e. The van der Waals surface area contributed by atoms with Gasteiger partial charge in [0.1, 0.15) is 55.8 Å². The summed E-state index contributed by atoms with van der Waals surface area (Å²) in [4.78, 5) is 74.1. The van der Waals surface area contributed by atoms with Gasteiger partial charge in [0.15, 0.2) is 27.5 Å². The van der Waals surface area contributed by atoms with Crippen molar-refractivity contribution in [3.63, 3.8) is 0 Å². The summed E-state index contributed by atoms with van der Waals surface area (Å²) in [6.45, 7) is 10.1. The van der Waals surface area contributed by atoms with Gasteiger partial charge in [-0.25, -0.2) is 49.2 Å². The van der Waals surface area contributed by atoms with Gasteiger partial charge >= 0.3 is 0 Å². The van der Waals surface area contributed by atoms with Crippen molar-refractivity contribution in [2.45, 2.75) is 51.9 Å². The van der Waals surface area contributed by atoms with E-state index in [1.165, 1.54) is 62.5 Å². The first-order valence-corrected chi connectivity index (χ1v) is 29.3. The Bertz CT molecular complexity index is 3470. The van der Waals surface area contributed by atoms with Crippen LogP contribution in [0, 0.1) is 24.6 Å². The number of carbonyl (C=O) groups is 2. The van der Waals surface area contributed by atoms with Crippen molar-refractivity contribution in [1.29, 1.82) is 0 Å². The molecule has 2 fully saturated rings. The Morgan fingerprint density at radius 3 is 1.61 bits per heavy atom. The Labute approximate surface area is 463 Å². The lowest BCUT2D eigenvalue weighted by Crippen LogP contribution is -2.35. The van der Waals surface area contributed by atoms with Crippen LogP contribution in [0.4, 0.5) is 38.9 Å². The summed E-state index contributed by atoms with van der Waals surface area (Å²) < 4.78 is 14.3. The van der Waals surface area contributed by atoms with Crippen LogP contribution in [0.1, 0.15) is 67.5 Å². The van der Waals surface area contributed by atoms with Gasteiger partial charge in [-0.1, -0.05) is 56.3 Å². The predicted molar refractivity (Wildman–Crippen MR) is 305 cm³/mol. The first kappa shape index (κ1) is 51.0. The summed E-state index contributed by atoms with van der Waals surface area (Å²) in [5.41, 5.74) is 12.2. The highest BCUT2D eigenvalue weighted by Gasteiger charge is 2.29. The highest BCUT2D eigenvalue weighted by Crippen LogP contribution is 2.41. The maximum absolute atomic E-state index is 13.2. The van der Waals surface area contributed by atoms with E-state index in [0.29, 0.717) is 46.0 Å². The molecular formula is C54H54BrFN16O2S3. The predicted octanol–water partition coefficient (Wildman–Crippen LogP) is 9.01. The van der Waals surface area contributed by atoms with Gasteiger partial charge < -0.3 is 36.0 Å². The molecule has 2 saturated heterocycles. The molecule has 0 spiro atoms. The zero-order valence-electron chi connectivity index (χ0n) is 42.1. The molecule has 2 amide bonds. The van der Waals surface area contributed by atoms with Crippen LogP contribution in [0.25, 0.3) is 31.0 Å². The number of nitrogens with zero attached hydrogens (tertiary/aromatic N) is 12. The molecular weight excluding hydrogens is 1100 g/mol. The molecule has 11 heterocycles. The number of piperidine rings is 2. The van der Waals surface area contributed by atoms with Gasteiger partial charge in [0, 0.05) is 54.3 Å². The maximum Gasteiger partial charge on any atom is 0.280 e. The Morgan fingerprint density at radius 1 is 0.597 bits per heavy atom. The monoisotopic (exact) mass is 1150 g/mol. The number of anilines is 6. The molecule has 77 heavy (non-hydrogen) atoms. The summed E-state index contributed by atoms with van der Waals surface area (Å²) in [5.74, 6) is 2.99. The fourth-order valence-corrected chi connectivity index (χ4v) is 13.3. The van der Waals surface area contributed by atoms with E-state index in [4.69, 9.17) is 0 Å². The summed E-state index contributed by atoms with van der Waals surface area (Å²) >= 11 is 7.70. The SMILES string of the molecule is Cc1ccc2c(c1)CCN2c1ncnc2sc(C(=O)NCC3CCNCC3)nc12.Fc1ccc2c(c1)CCN2c1ncnc2scnc12.O=C(NCC1CCNCC1)c1nc2c(N3CCc4cc(Br)ccc43)ncnc2s1. The van der Waals surface area contributed by atoms with Gasteiger partial charge in [0.25, 0.3) is 11.8 Å². The van der Waals surface area contributed by atoms with E-state index >= 15 is 0 Å². The van der Waals surface area contributed by atoms with Gasteiger partial charge in [-0.3, -0.25) is 9.59 Å². The third-order valence-electron chi connectivity index (χ3n) is 14.6. The number of carbonyl (C=O) groups excluding carboxylic acids is 2. The van der Waals surface area contributed by atoms with Gasteiger partial charge in [-0.05, 0) is 149 Å². The molecule has 6 aromatic heterocycles. The molecule has 9 aromatic rings. The molecule has 0 bridgehead atoms. The first-order valence-electron chi connectivity index (χ1n) is 25.9. The summed E-state index contributed by atoms with van der Waals surface area (Å²) in [6.07, 6.45) is 11.8. The van der Waals surface area contributed by atoms with Crippen LogP contribution in [-0.2, 0) is 19.3 Å². The Morgan fingerprint density at radius 2 is 1.06 bits per heavy atom. The van der Waals surface area contributed by atoms with E-state index < -0.39 is 0 Å². The number of halogens is 2. The maximum atomic E-state index is 13.2. The fraction of sp³-hybridized carbons (Fsp3) is 0.352. The molecule has 0 saturated carbocycles. The van der Waals surface area contributed by atoms with Crippen molar-refractivity contribution in [3.05, 3.63) is 122 Å². The molecule has 5 aliphatic heterocycles. The van der Waals surface area contributed by atoms with Crippen LogP contribution in [0.2, 0.25) is 0 Å². The number of thiazole rings is 3. The average molecular weight is 1150 g/mol. The summed E-state index contributed by atoms with van der Waals surface area (Å²) in [5, 5.41) is 13.7. The molecule has 23 heteroatoms. The Hall–Kier alpha value is -6.76. The van der Waals surface area contributed by atoms with E-state index in [1.807, 2.05) is 6.07 Å². The molecule has 3 aromatic carbocycles. The van der Waals surface area contributed by atoms with Gasteiger partial charge in [0.2, 0.25) is 0 Å². The number of rotatable bonds is 9. The quantitative estimate of drug-likeness (QED) is 0.106. The topological polar surface area (TPSA) is 208 Å². The first-order chi connectivity index (χ1) is 37.7. The summed E-state index contributed by atoms with van der Waals surface area (Å²) in [6, 6.07) is 17.7. The number of aromatic nitrogens is 9. The molecule has 0 atom stereocenters. The zero-order valence-corrected chi connectivity index (χ0v) is 46.2. The lowest BCUT2D eigenvalue weighted by molar-refractivity contribution is 0.0936. The molecule has 5 aliphatic rings. The van der Waals surface area contributed by atoms with Crippen LogP contribution in [-0.4, -0.2) is 116 Å². The van der Waals surface area contributed by atoms with Crippen molar-refractivity contribution < 1.29 is 14.0 Å². The van der Waals surface area contributed by atoms with E-state index in [1.54, 1.807) is 36.6 Å². The van der Waals surface area contributed by atoms with E-state index in [9.17, 15) is 14.0 Å². The summed E-state index contributed by atoms with van der Waals surface area (Å²) in [7, 11) is 0.